The average Bonchev–Trinajstić information content (AvgIpc) is 2.42. The average molecular weight is 326 g/mol. The van der Waals surface area contributed by atoms with Gasteiger partial charge in [0.2, 0.25) is 0 Å². The highest BCUT2D eigenvalue weighted by Gasteiger charge is 2.21. The van der Waals surface area contributed by atoms with Gasteiger partial charge in [0.05, 0.1) is 12.7 Å². The van der Waals surface area contributed by atoms with Crippen molar-refractivity contribution in [2.75, 3.05) is 13.7 Å². The van der Waals surface area contributed by atoms with E-state index < -0.39 is 0 Å². The van der Waals surface area contributed by atoms with Crippen LogP contribution in [-0.2, 0) is 11.3 Å². The van der Waals surface area contributed by atoms with Gasteiger partial charge in [-0.2, -0.15) is 0 Å². The predicted octanol–water partition coefficient (Wildman–Crippen LogP) is 3.61. The first-order valence-corrected chi connectivity index (χ1v) is 7.52. The van der Waals surface area contributed by atoms with Crippen LogP contribution >= 0.6 is 15.9 Å². The highest BCUT2D eigenvalue weighted by Crippen LogP contribution is 2.23. The fourth-order valence-corrected chi connectivity index (χ4v) is 2.96. The maximum absolute atomic E-state index is 11.8. The number of carbonyl (C=O) groups excluding carboxylic acids is 1. The monoisotopic (exact) mass is 325 g/mol. The Bertz CT molecular complexity index is 461. The molecule has 0 bridgehead atoms. The van der Waals surface area contributed by atoms with E-state index in [1.54, 1.807) is 0 Å². The Balaban J connectivity index is 2.21. The molecule has 4 heteroatoms. The lowest BCUT2D eigenvalue weighted by molar-refractivity contribution is 0.0596. The third-order valence-electron chi connectivity index (χ3n) is 3.79. The smallest absolute Gasteiger partial charge is 0.338 e. The lowest BCUT2D eigenvalue weighted by atomic mass is 10.0. The largest absolute Gasteiger partial charge is 0.465 e. The van der Waals surface area contributed by atoms with E-state index >= 15 is 0 Å². The quantitative estimate of drug-likeness (QED) is 0.795. The molecule has 0 aromatic heterocycles. The second kappa shape index (κ2) is 6.53. The number of carbonyl (C=O) groups is 1. The van der Waals surface area contributed by atoms with E-state index in [0.717, 1.165) is 23.1 Å². The number of ether oxygens (including phenoxy) is 1. The molecule has 1 aliphatic heterocycles. The summed E-state index contributed by atoms with van der Waals surface area (Å²) in [4.78, 5) is 14.3. The molecule has 3 nitrogen and oxygen atoms in total. The highest BCUT2D eigenvalue weighted by atomic mass is 79.9. The zero-order valence-corrected chi connectivity index (χ0v) is 13.1. The molecule has 0 spiro atoms. The Morgan fingerprint density at radius 2 is 2.26 bits per heavy atom. The van der Waals surface area contributed by atoms with Crippen molar-refractivity contribution in [3.05, 3.63) is 33.8 Å². The number of likely N-dealkylation sites (tertiary alicyclic amines) is 1. The van der Waals surface area contributed by atoms with Crippen LogP contribution in [0, 0.1) is 0 Å². The zero-order valence-electron chi connectivity index (χ0n) is 11.5. The lowest BCUT2D eigenvalue weighted by Crippen LogP contribution is -2.37. The molecule has 1 unspecified atom stereocenters. The summed E-state index contributed by atoms with van der Waals surface area (Å²) in [5.74, 6) is -0.263. The summed E-state index contributed by atoms with van der Waals surface area (Å²) in [6, 6.07) is 6.42. The first kappa shape index (κ1) is 14.5. The van der Waals surface area contributed by atoms with Gasteiger partial charge in [-0.3, -0.25) is 4.90 Å². The normalized spacial score (nSPS) is 20.3. The summed E-state index contributed by atoms with van der Waals surface area (Å²) >= 11 is 3.41. The van der Waals surface area contributed by atoms with Crippen molar-refractivity contribution < 1.29 is 9.53 Å². The Kier molecular flexibility index (Phi) is 4.99. The predicted molar refractivity (Wildman–Crippen MR) is 79.2 cm³/mol. The second-order valence-electron chi connectivity index (χ2n) is 5.11. The molecule has 104 valence electrons. The summed E-state index contributed by atoms with van der Waals surface area (Å²) in [5.41, 5.74) is 1.71. The van der Waals surface area contributed by atoms with Crippen molar-refractivity contribution in [3.8, 4) is 0 Å². The van der Waals surface area contributed by atoms with Crippen molar-refractivity contribution in [1.29, 1.82) is 0 Å². The van der Waals surface area contributed by atoms with Gasteiger partial charge in [0.25, 0.3) is 0 Å². The van der Waals surface area contributed by atoms with Gasteiger partial charge in [0, 0.05) is 17.1 Å². The first-order chi connectivity index (χ1) is 9.11. The molecule has 1 aliphatic rings. The molecule has 19 heavy (non-hydrogen) atoms. The third kappa shape index (κ3) is 3.57. The first-order valence-electron chi connectivity index (χ1n) is 6.72. The van der Waals surface area contributed by atoms with E-state index in [1.807, 2.05) is 18.2 Å². The van der Waals surface area contributed by atoms with E-state index in [0.29, 0.717) is 11.6 Å². The SMILES string of the molecule is COC(=O)c1cc(Br)ccc1CN1CCCCC1C. The molecule has 1 saturated heterocycles. The van der Waals surface area contributed by atoms with Crippen molar-refractivity contribution in [3.63, 3.8) is 0 Å². The molecular formula is C15H20BrNO2. The zero-order chi connectivity index (χ0) is 13.8. The maximum atomic E-state index is 11.8. The van der Waals surface area contributed by atoms with E-state index in [-0.39, 0.29) is 5.97 Å². The number of methoxy groups -OCH3 is 1. The molecule has 0 saturated carbocycles. The van der Waals surface area contributed by atoms with Crippen LogP contribution < -0.4 is 0 Å². The van der Waals surface area contributed by atoms with Gasteiger partial charge < -0.3 is 4.74 Å². The second-order valence-corrected chi connectivity index (χ2v) is 6.02. The number of nitrogens with zero attached hydrogens (tertiary/aromatic N) is 1. The molecule has 0 amide bonds. The number of hydrogen-bond donors (Lipinski definition) is 0. The molecule has 0 N–H and O–H groups in total. The molecule has 1 aromatic carbocycles. The Hall–Kier alpha value is -0.870. The number of piperidine rings is 1. The molecular weight excluding hydrogens is 306 g/mol. The summed E-state index contributed by atoms with van der Waals surface area (Å²) in [5, 5.41) is 0. The Labute approximate surface area is 123 Å². The molecule has 2 rings (SSSR count). The summed E-state index contributed by atoms with van der Waals surface area (Å²) in [6.45, 7) is 4.19. The molecule has 0 aliphatic carbocycles. The minimum Gasteiger partial charge on any atom is -0.465 e. The van der Waals surface area contributed by atoms with Gasteiger partial charge in [-0.1, -0.05) is 28.4 Å². The van der Waals surface area contributed by atoms with E-state index in [1.165, 1.54) is 26.4 Å². The van der Waals surface area contributed by atoms with Crippen molar-refractivity contribution in [2.45, 2.75) is 38.8 Å². The standard InChI is InChI=1S/C15H20BrNO2/c1-11-5-3-4-8-17(11)10-12-6-7-13(16)9-14(12)15(18)19-2/h6-7,9,11H,3-5,8,10H2,1-2H3. The summed E-state index contributed by atoms with van der Waals surface area (Å²) in [6.07, 6.45) is 3.79. The van der Waals surface area contributed by atoms with Crippen LogP contribution in [0.1, 0.15) is 42.1 Å². The summed E-state index contributed by atoms with van der Waals surface area (Å²) in [7, 11) is 1.43. The van der Waals surface area contributed by atoms with Gasteiger partial charge >= 0.3 is 5.97 Å². The fraction of sp³-hybridized carbons (Fsp3) is 0.533. The van der Waals surface area contributed by atoms with Crippen LogP contribution in [-0.4, -0.2) is 30.6 Å². The highest BCUT2D eigenvalue weighted by molar-refractivity contribution is 9.10. The van der Waals surface area contributed by atoms with Gasteiger partial charge in [-0.05, 0) is 44.0 Å². The van der Waals surface area contributed by atoms with Gasteiger partial charge in [-0.15, -0.1) is 0 Å². The molecule has 1 aromatic rings. The Morgan fingerprint density at radius 3 is 2.95 bits per heavy atom. The molecule has 0 radical (unpaired) electrons. The third-order valence-corrected chi connectivity index (χ3v) is 4.28. The minimum absolute atomic E-state index is 0.263. The van der Waals surface area contributed by atoms with Gasteiger partial charge in [0.1, 0.15) is 0 Å². The molecule has 1 atom stereocenters. The minimum atomic E-state index is -0.263. The molecule has 1 fully saturated rings. The lowest BCUT2D eigenvalue weighted by Gasteiger charge is -2.33. The topological polar surface area (TPSA) is 29.5 Å². The van der Waals surface area contributed by atoms with Crippen LogP contribution in [0.4, 0.5) is 0 Å². The number of rotatable bonds is 3. The number of benzene rings is 1. The fourth-order valence-electron chi connectivity index (χ4n) is 2.60. The number of esters is 1. The summed E-state index contributed by atoms with van der Waals surface area (Å²) < 4.78 is 5.78. The van der Waals surface area contributed by atoms with Crippen LogP contribution in [0.2, 0.25) is 0 Å². The van der Waals surface area contributed by atoms with E-state index in [9.17, 15) is 4.79 Å². The van der Waals surface area contributed by atoms with E-state index in [4.69, 9.17) is 4.74 Å². The van der Waals surface area contributed by atoms with Gasteiger partial charge in [-0.25, -0.2) is 4.79 Å². The Morgan fingerprint density at radius 1 is 1.47 bits per heavy atom. The molecule has 1 heterocycles. The number of halogens is 1. The maximum Gasteiger partial charge on any atom is 0.338 e. The number of hydrogen-bond acceptors (Lipinski definition) is 3. The van der Waals surface area contributed by atoms with Crippen LogP contribution in [0.3, 0.4) is 0 Å². The van der Waals surface area contributed by atoms with Crippen molar-refractivity contribution in [1.82, 2.24) is 4.90 Å². The van der Waals surface area contributed by atoms with E-state index in [2.05, 4.69) is 27.8 Å². The van der Waals surface area contributed by atoms with Crippen LogP contribution in [0.5, 0.6) is 0 Å². The van der Waals surface area contributed by atoms with Gasteiger partial charge in [0.15, 0.2) is 0 Å². The van der Waals surface area contributed by atoms with Crippen molar-refractivity contribution in [2.24, 2.45) is 0 Å². The van der Waals surface area contributed by atoms with Crippen LogP contribution in [0.25, 0.3) is 0 Å². The van der Waals surface area contributed by atoms with Crippen LogP contribution in [0.15, 0.2) is 22.7 Å². The van der Waals surface area contributed by atoms with Crippen molar-refractivity contribution >= 4 is 21.9 Å².